The minimum Gasteiger partial charge on any atom is -0.480 e. The molecule has 0 radical (unpaired) electrons. The minimum atomic E-state index is -4.77. The quantitative estimate of drug-likeness (QED) is 0.189. The number of furan rings is 1. The Kier molecular flexibility index (Phi) is 10.2. The van der Waals surface area contributed by atoms with E-state index in [0.717, 1.165) is 0 Å². The molecule has 0 saturated carbocycles. The third-order valence-electron chi connectivity index (χ3n) is 5.74. The molecule has 2 aromatic heterocycles. The lowest BCUT2D eigenvalue weighted by Crippen LogP contribution is -2.32. The van der Waals surface area contributed by atoms with Crippen LogP contribution >= 0.6 is 0 Å². The van der Waals surface area contributed by atoms with Crippen LogP contribution in [0, 0.1) is 0 Å². The molecule has 0 aliphatic rings. The number of carboxylic acid groups (broad SMARTS) is 2. The Labute approximate surface area is 237 Å². The van der Waals surface area contributed by atoms with Gasteiger partial charge in [0.15, 0.2) is 0 Å². The second-order valence-corrected chi connectivity index (χ2v) is 9.06. The van der Waals surface area contributed by atoms with Crippen LogP contribution in [0.1, 0.15) is 24.2 Å². The Morgan fingerprint density at radius 1 is 0.976 bits per heavy atom. The number of halogens is 3. The van der Waals surface area contributed by atoms with Crippen LogP contribution in [0.5, 0.6) is 5.88 Å². The fourth-order valence-electron chi connectivity index (χ4n) is 3.64. The molecule has 0 bridgehead atoms. The summed E-state index contributed by atoms with van der Waals surface area (Å²) >= 11 is 0. The molecule has 8 N–H and O–H groups in total. The molecule has 14 heteroatoms. The summed E-state index contributed by atoms with van der Waals surface area (Å²) in [5.74, 6) is -2.73. The number of carbonyl (C=O) groups is 2. The number of alkyl halides is 3. The molecule has 0 spiro atoms. The Morgan fingerprint density at radius 2 is 1.62 bits per heavy atom. The van der Waals surface area contributed by atoms with Crippen LogP contribution in [0.25, 0.3) is 22.4 Å². The van der Waals surface area contributed by atoms with E-state index in [9.17, 15) is 22.8 Å². The molecule has 0 aliphatic heterocycles. The number of benzene rings is 2. The van der Waals surface area contributed by atoms with Gasteiger partial charge in [-0.1, -0.05) is 48.5 Å². The molecule has 0 aliphatic carbocycles. The predicted molar refractivity (Wildman–Crippen MR) is 146 cm³/mol. The molecule has 222 valence electrons. The van der Waals surface area contributed by atoms with Gasteiger partial charge in [-0.3, -0.25) is 9.59 Å². The Bertz CT molecular complexity index is 1490. The lowest BCUT2D eigenvalue weighted by atomic mass is 9.97. The zero-order valence-electron chi connectivity index (χ0n) is 22.2. The first-order valence-electron chi connectivity index (χ1n) is 12.3. The summed E-state index contributed by atoms with van der Waals surface area (Å²) in [5.41, 5.74) is 18.2. The molecule has 4 aromatic rings. The third kappa shape index (κ3) is 8.52. The number of carboxylic acids is 2. The van der Waals surface area contributed by atoms with E-state index in [1.807, 2.05) is 0 Å². The van der Waals surface area contributed by atoms with E-state index in [4.69, 9.17) is 36.6 Å². The maximum atomic E-state index is 14.2. The fourth-order valence-corrected chi connectivity index (χ4v) is 3.64. The van der Waals surface area contributed by atoms with Crippen molar-refractivity contribution in [3.63, 3.8) is 0 Å². The second-order valence-electron chi connectivity index (χ2n) is 9.06. The maximum Gasteiger partial charge on any atom is 0.429 e. The Balaban J connectivity index is 0.000000730. The van der Waals surface area contributed by atoms with Gasteiger partial charge in [-0.2, -0.15) is 18.2 Å². The van der Waals surface area contributed by atoms with Crippen LogP contribution in [0.4, 0.5) is 19.1 Å². The van der Waals surface area contributed by atoms with Crippen molar-refractivity contribution in [2.45, 2.75) is 37.7 Å². The van der Waals surface area contributed by atoms with Gasteiger partial charge in [0.2, 0.25) is 17.9 Å². The van der Waals surface area contributed by atoms with E-state index in [1.165, 1.54) is 37.6 Å². The molecule has 3 atom stereocenters. The van der Waals surface area contributed by atoms with Crippen molar-refractivity contribution in [2.24, 2.45) is 11.5 Å². The number of rotatable bonds is 9. The minimum absolute atomic E-state index is 0.110. The molecular weight excluding hydrogens is 559 g/mol. The summed E-state index contributed by atoms with van der Waals surface area (Å²) in [7, 11) is 0. The number of nitrogens with two attached hydrogens (primary N) is 3. The van der Waals surface area contributed by atoms with Gasteiger partial charge in [0.05, 0.1) is 18.2 Å². The summed E-state index contributed by atoms with van der Waals surface area (Å²) in [6, 6.07) is 13.6. The SMILES string of the molecule is CC(N)C(=O)O.Nc1nc(OC(c2ccccc2-c2ccoc2)C(F)(F)F)cc(-c2ccc(C[C@H](N)C(=O)O)cc2)n1. The smallest absolute Gasteiger partial charge is 0.429 e. The number of aromatic nitrogens is 2. The molecule has 2 heterocycles. The van der Waals surface area contributed by atoms with Gasteiger partial charge in [-0.05, 0) is 30.5 Å². The van der Waals surface area contributed by atoms with Gasteiger partial charge in [0.25, 0.3) is 0 Å². The topological polar surface area (TPSA) is 201 Å². The molecule has 2 aromatic carbocycles. The van der Waals surface area contributed by atoms with Gasteiger partial charge in [-0.15, -0.1) is 0 Å². The number of nitrogens with zero attached hydrogens (tertiary/aromatic N) is 2. The van der Waals surface area contributed by atoms with Crippen molar-refractivity contribution in [2.75, 3.05) is 5.73 Å². The van der Waals surface area contributed by atoms with Crippen LogP contribution < -0.4 is 21.9 Å². The van der Waals surface area contributed by atoms with Gasteiger partial charge in [-0.25, -0.2) is 4.98 Å². The standard InChI is InChI=1S/C25H21F3N4O4.C3H7NO2/c26-25(27,28)22(18-4-2-1-3-17(18)16-9-10-35-13-16)36-21-12-20(31-24(30)32-21)15-7-5-14(6-8-15)11-19(29)23(33)34;1-2(4)3(5)6/h1-10,12-13,19,22H,11,29H2,(H,33,34)(H2,30,31,32);2H,4H2,1H3,(H,5,6)/t19-,22?;/m0./s1. The summed E-state index contributed by atoms with van der Waals surface area (Å²) in [6.45, 7) is 1.42. The number of nitrogen functional groups attached to an aromatic ring is 1. The number of hydrogen-bond acceptors (Lipinski definition) is 9. The summed E-state index contributed by atoms with van der Waals surface area (Å²) < 4.78 is 52.9. The highest BCUT2D eigenvalue weighted by Crippen LogP contribution is 2.41. The van der Waals surface area contributed by atoms with Gasteiger partial charge >= 0.3 is 18.1 Å². The van der Waals surface area contributed by atoms with E-state index in [1.54, 1.807) is 42.5 Å². The maximum absolute atomic E-state index is 14.2. The lowest BCUT2D eigenvalue weighted by Gasteiger charge is -2.24. The van der Waals surface area contributed by atoms with Gasteiger partial charge in [0.1, 0.15) is 12.1 Å². The first-order valence-corrected chi connectivity index (χ1v) is 12.3. The molecule has 2 unspecified atom stereocenters. The molecule has 0 saturated heterocycles. The van der Waals surface area contributed by atoms with E-state index in [-0.39, 0.29) is 29.5 Å². The summed E-state index contributed by atoms with van der Waals surface area (Å²) in [4.78, 5) is 28.5. The summed E-state index contributed by atoms with van der Waals surface area (Å²) in [6.07, 6.45) is -4.29. The fraction of sp³-hybridized carbons (Fsp3) is 0.214. The molecule has 11 nitrogen and oxygen atoms in total. The van der Waals surface area contributed by atoms with Gasteiger partial charge in [0, 0.05) is 22.8 Å². The van der Waals surface area contributed by atoms with E-state index in [0.29, 0.717) is 22.3 Å². The average Bonchev–Trinajstić information content (AvgIpc) is 3.46. The highest BCUT2D eigenvalue weighted by atomic mass is 19.4. The van der Waals surface area contributed by atoms with Crippen molar-refractivity contribution >= 4 is 17.9 Å². The van der Waals surface area contributed by atoms with Crippen LogP contribution in [-0.2, 0) is 16.0 Å². The predicted octanol–water partition coefficient (Wildman–Crippen LogP) is 4.04. The average molecular weight is 588 g/mol. The number of hydrogen-bond donors (Lipinski definition) is 5. The zero-order chi connectivity index (χ0) is 31.0. The van der Waals surface area contributed by atoms with Crippen molar-refractivity contribution < 1.29 is 42.1 Å². The van der Waals surface area contributed by atoms with Crippen molar-refractivity contribution in [3.05, 3.63) is 84.3 Å². The highest BCUT2D eigenvalue weighted by Gasteiger charge is 2.44. The normalized spacial score (nSPS) is 13.3. The summed E-state index contributed by atoms with van der Waals surface area (Å²) in [5, 5.41) is 16.8. The van der Waals surface area contributed by atoms with Crippen molar-refractivity contribution in [1.29, 1.82) is 0 Å². The van der Waals surface area contributed by atoms with E-state index in [2.05, 4.69) is 9.97 Å². The van der Waals surface area contributed by atoms with Crippen LogP contribution in [-0.4, -0.2) is 50.4 Å². The molecule has 42 heavy (non-hydrogen) atoms. The van der Waals surface area contributed by atoms with Crippen LogP contribution in [0.2, 0.25) is 0 Å². The molecule has 0 amide bonds. The van der Waals surface area contributed by atoms with Gasteiger partial charge < -0.3 is 36.6 Å². The van der Waals surface area contributed by atoms with E-state index >= 15 is 0 Å². The first kappa shape index (κ1) is 31.6. The highest BCUT2D eigenvalue weighted by molar-refractivity contribution is 5.73. The van der Waals surface area contributed by atoms with Crippen molar-refractivity contribution in [3.8, 4) is 28.3 Å². The zero-order valence-corrected chi connectivity index (χ0v) is 22.2. The molecular formula is C28H28F3N5O6. The first-order chi connectivity index (χ1) is 19.8. The molecule has 4 rings (SSSR count). The Hall–Kier alpha value is -4.95. The largest absolute Gasteiger partial charge is 0.480 e. The van der Waals surface area contributed by atoms with Crippen LogP contribution in [0.15, 0.2) is 77.6 Å². The van der Waals surface area contributed by atoms with E-state index < -0.39 is 36.3 Å². The van der Waals surface area contributed by atoms with Crippen LogP contribution in [0.3, 0.4) is 0 Å². The number of anilines is 1. The monoisotopic (exact) mass is 587 g/mol. The second kappa shape index (κ2) is 13.6. The number of ether oxygens (including phenoxy) is 1. The third-order valence-corrected chi connectivity index (χ3v) is 5.74. The molecule has 0 fully saturated rings. The number of aliphatic carboxylic acids is 2. The van der Waals surface area contributed by atoms with Crippen molar-refractivity contribution in [1.82, 2.24) is 9.97 Å². The lowest BCUT2D eigenvalue weighted by molar-refractivity contribution is -0.198. The Morgan fingerprint density at radius 3 is 2.17 bits per heavy atom.